The molecule has 0 saturated heterocycles. The number of benzene rings is 1. The summed E-state index contributed by atoms with van der Waals surface area (Å²) >= 11 is 0. The Labute approximate surface area is 239 Å². The highest BCUT2D eigenvalue weighted by atomic mass is 28.4. The van der Waals surface area contributed by atoms with Gasteiger partial charge in [-0.05, 0) is 78.4 Å². The van der Waals surface area contributed by atoms with Crippen LogP contribution in [0, 0.1) is 5.41 Å². The van der Waals surface area contributed by atoms with E-state index in [0.717, 1.165) is 61.5 Å². The summed E-state index contributed by atoms with van der Waals surface area (Å²) in [5.41, 5.74) is 4.87. The summed E-state index contributed by atoms with van der Waals surface area (Å²) in [5.74, 6) is 0.109. The van der Waals surface area contributed by atoms with E-state index in [4.69, 9.17) is 14.1 Å². The maximum absolute atomic E-state index is 13.8. The van der Waals surface area contributed by atoms with Crippen molar-refractivity contribution in [2.45, 2.75) is 135 Å². The first-order chi connectivity index (χ1) is 18.4. The highest BCUT2D eigenvalue weighted by Gasteiger charge is 2.54. The van der Waals surface area contributed by atoms with Crippen molar-refractivity contribution in [2.75, 3.05) is 0 Å². The van der Waals surface area contributed by atoms with Gasteiger partial charge in [0.05, 0.1) is 17.3 Å². The second kappa shape index (κ2) is 9.67. The number of hydrogen-bond acceptors (Lipinski definition) is 3. The Kier molecular flexibility index (Phi) is 7.20. The Hall–Kier alpha value is -1.70. The molecule has 0 N–H and O–H groups in total. The first-order valence-corrected chi connectivity index (χ1v) is 17.9. The Morgan fingerprint density at radius 1 is 1.05 bits per heavy atom. The number of fused-ring (bicyclic) bond motifs is 4. The molecular weight excluding hydrogens is 527 g/mol. The van der Waals surface area contributed by atoms with Crippen molar-refractivity contribution in [3.8, 4) is 0 Å². The van der Waals surface area contributed by atoms with Crippen molar-refractivity contribution in [2.24, 2.45) is 5.41 Å². The van der Waals surface area contributed by atoms with Crippen molar-refractivity contribution in [3.63, 3.8) is 0 Å². The van der Waals surface area contributed by atoms with E-state index >= 15 is 0 Å². The fraction of sp³-hybridized carbons (Fsp3) is 0.667. The van der Waals surface area contributed by atoms with E-state index in [1.165, 1.54) is 23.3 Å². The average molecular weight is 574 g/mol. The molecule has 1 spiro atoms. The summed E-state index contributed by atoms with van der Waals surface area (Å²) < 4.78 is 55.6. The van der Waals surface area contributed by atoms with Crippen LogP contribution >= 0.6 is 0 Å². The Morgan fingerprint density at radius 3 is 2.27 bits per heavy atom. The van der Waals surface area contributed by atoms with Crippen LogP contribution in [0.5, 0.6) is 0 Å². The minimum absolute atomic E-state index is 0.0261. The molecular formula is C33H46F3NO2Si. The number of halogens is 3. The summed E-state index contributed by atoms with van der Waals surface area (Å²) in [7, 11) is -2.15. The van der Waals surface area contributed by atoms with Crippen molar-refractivity contribution in [1.29, 1.82) is 0 Å². The Bertz CT molecular complexity index is 1290. The van der Waals surface area contributed by atoms with Crippen LogP contribution in [0.1, 0.15) is 138 Å². The molecule has 2 aliphatic carbocycles. The molecule has 40 heavy (non-hydrogen) atoms. The lowest BCUT2D eigenvalue weighted by Crippen LogP contribution is -2.44. The lowest BCUT2D eigenvalue weighted by Gasteiger charge is -2.45. The van der Waals surface area contributed by atoms with Gasteiger partial charge >= 0.3 is 6.18 Å². The van der Waals surface area contributed by atoms with Gasteiger partial charge in [0.1, 0.15) is 6.10 Å². The number of aromatic nitrogens is 1. The molecule has 1 saturated carbocycles. The topological polar surface area (TPSA) is 31.4 Å². The molecule has 2 atom stereocenters. The van der Waals surface area contributed by atoms with Crippen LogP contribution in [0.15, 0.2) is 24.3 Å². The molecule has 1 aromatic heterocycles. The normalized spacial score (nSPS) is 24.0. The van der Waals surface area contributed by atoms with Gasteiger partial charge in [-0.1, -0.05) is 73.4 Å². The molecule has 2 aromatic rings. The summed E-state index contributed by atoms with van der Waals surface area (Å²) in [6.07, 6.45) is 0.495. The van der Waals surface area contributed by atoms with Crippen LogP contribution in [0.25, 0.3) is 0 Å². The highest BCUT2D eigenvalue weighted by molar-refractivity contribution is 6.74. The largest absolute Gasteiger partial charge is 0.416 e. The first kappa shape index (κ1) is 29.8. The van der Waals surface area contributed by atoms with Gasteiger partial charge in [0.15, 0.2) is 8.32 Å². The molecule has 0 bridgehead atoms. The summed E-state index contributed by atoms with van der Waals surface area (Å²) in [6.45, 7) is 20.3. The third-order valence-electron chi connectivity index (χ3n) is 9.87. The van der Waals surface area contributed by atoms with E-state index < -0.39 is 31.8 Å². The van der Waals surface area contributed by atoms with Gasteiger partial charge in [-0.2, -0.15) is 13.2 Å². The molecule has 1 aromatic carbocycles. The van der Waals surface area contributed by atoms with Gasteiger partial charge in [0, 0.05) is 22.5 Å². The zero-order valence-corrected chi connectivity index (χ0v) is 26.7. The monoisotopic (exact) mass is 573 g/mol. The molecule has 0 amide bonds. The van der Waals surface area contributed by atoms with Crippen LogP contribution in [0.2, 0.25) is 18.1 Å². The number of ether oxygens (including phenoxy) is 1. The quantitative estimate of drug-likeness (QED) is 0.341. The van der Waals surface area contributed by atoms with E-state index in [2.05, 4.69) is 61.6 Å². The van der Waals surface area contributed by atoms with E-state index in [1.54, 1.807) is 6.07 Å². The van der Waals surface area contributed by atoms with E-state index in [1.807, 2.05) is 0 Å². The summed E-state index contributed by atoms with van der Waals surface area (Å²) in [5, 5.41) is 0.0470. The van der Waals surface area contributed by atoms with Gasteiger partial charge in [-0.3, -0.25) is 4.98 Å². The maximum Gasteiger partial charge on any atom is 0.416 e. The second-order valence-corrected chi connectivity index (χ2v) is 19.8. The predicted octanol–water partition coefficient (Wildman–Crippen LogP) is 10.1. The van der Waals surface area contributed by atoms with Crippen molar-refractivity contribution >= 4 is 8.32 Å². The first-order valence-electron chi connectivity index (χ1n) is 15.0. The molecule has 1 fully saturated rings. The molecule has 3 aliphatic rings. The molecule has 220 valence electrons. The standard InChI is InChI=1S/C33H46F3NO2Si/c1-20(2)28-26-27(25-23(37-28)18-31(6,7)19-24(25)39-40(8,9)30(3,4)5)32(15-10-11-16-32)38-29(26)21-13-12-14-22(17-21)33(34,35)36/h12-14,17,20,24,29H,10-11,15-16,18-19H2,1-9H3. The minimum atomic E-state index is -4.41. The lowest BCUT2D eigenvalue weighted by molar-refractivity contribution is -0.137. The number of nitrogens with zero attached hydrogens (tertiary/aromatic N) is 1. The zero-order valence-electron chi connectivity index (χ0n) is 25.7. The van der Waals surface area contributed by atoms with E-state index in [9.17, 15) is 13.2 Å². The predicted molar refractivity (Wildman–Crippen MR) is 156 cm³/mol. The third kappa shape index (κ3) is 5.09. The number of alkyl halides is 3. The van der Waals surface area contributed by atoms with Crippen molar-refractivity contribution in [3.05, 3.63) is 63.5 Å². The fourth-order valence-corrected chi connectivity index (χ4v) is 8.16. The van der Waals surface area contributed by atoms with Crippen molar-refractivity contribution < 1.29 is 22.3 Å². The van der Waals surface area contributed by atoms with Crippen LogP contribution in [-0.4, -0.2) is 13.3 Å². The minimum Gasteiger partial charge on any atom is -0.410 e. The lowest BCUT2D eigenvalue weighted by atomic mass is 9.70. The summed E-state index contributed by atoms with van der Waals surface area (Å²) in [4.78, 5) is 5.36. The van der Waals surface area contributed by atoms with Gasteiger partial charge < -0.3 is 9.16 Å². The number of pyridine rings is 1. The smallest absolute Gasteiger partial charge is 0.410 e. The van der Waals surface area contributed by atoms with Crippen LogP contribution in [0.3, 0.4) is 0 Å². The molecule has 2 heterocycles. The molecule has 7 heteroatoms. The molecule has 1 aliphatic heterocycles. The van der Waals surface area contributed by atoms with E-state index in [0.29, 0.717) is 5.56 Å². The third-order valence-corrected chi connectivity index (χ3v) is 14.4. The zero-order chi connectivity index (χ0) is 29.5. The van der Waals surface area contributed by atoms with Crippen LogP contribution in [-0.2, 0) is 27.4 Å². The molecule has 2 unspecified atom stereocenters. The Morgan fingerprint density at radius 2 is 1.70 bits per heavy atom. The molecule has 0 radical (unpaired) electrons. The van der Waals surface area contributed by atoms with Gasteiger partial charge in [0.25, 0.3) is 0 Å². The van der Waals surface area contributed by atoms with Crippen LogP contribution < -0.4 is 0 Å². The van der Waals surface area contributed by atoms with Gasteiger partial charge in [-0.25, -0.2) is 0 Å². The maximum atomic E-state index is 13.8. The van der Waals surface area contributed by atoms with Gasteiger partial charge in [0.2, 0.25) is 0 Å². The second-order valence-electron chi connectivity index (χ2n) is 15.0. The van der Waals surface area contributed by atoms with Gasteiger partial charge in [-0.15, -0.1) is 0 Å². The van der Waals surface area contributed by atoms with E-state index in [-0.39, 0.29) is 22.5 Å². The van der Waals surface area contributed by atoms with Crippen LogP contribution in [0.4, 0.5) is 13.2 Å². The molecule has 5 rings (SSSR count). The number of rotatable bonds is 4. The highest BCUT2D eigenvalue weighted by Crippen LogP contribution is 2.60. The SMILES string of the molecule is CC(C)c1nc2c(c3c1C(c1cccc(C(F)(F)F)c1)OC31CCCC1)C(O[Si](C)(C)C(C)(C)C)CC(C)(C)C2. The average Bonchev–Trinajstić information content (AvgIpc) is 3.41. The Balaban J connectivity index is 1.78. The number of hydrogen-bond donors (Lipinski definition) is 0. The summed E-state index contributed by atoms with van der Waals surface area (Å²) in [6, 6.07) is 5.71. The van der Waals surface area contributed by atoms with Crippen molar-refractivity contribution in [1.82, 2.24) is 4.98 Å². The fourth-order valence-electron chi connectivity index (χ4n) is 6.89. The molecule has 3 nitrogen and oxygen atoms in total.